The van der Waals surface area contributed by atoms with Gasteiger partial charge in [0.1, 0.15) is 18.9 Å². The first kappa shape index (κ1) is 42.7. The van der Waals surface area contributed by atoms with Crippen LogP contribution in [0.4, 0.5) is 21.0 Å². The number of likely N-dealkylation sites (tertiary alicyclic amines) is 1. The molecule has 19 nitrogen and oxygen atoms in total. The van der Waals surface area contributed by atoms with Gasteiger partial charge in [-0.15, -0.1) is 11.8 Å². The number of fused-ring (bicyclic) bond motifs is 1. The fourth-order valence-corrected chi connectivity index (χ4v) is 9.54. The Bertz CT molecular complexity index is 1900. The highest BCUT2D eigenvalue weighted by molar-refractivity contribution is 8.03. The Hall–Kier alpha value is -5.41. The highest BCUT2D eigenvalue weighted by atomic mass is 32.2. The topological polar surface area (TPSA) is 261 Å². The third-order valence-electron chi connectivity index (χ3n) is 9.74. The van der Waals surface area contributed by atoms with Crippen molar-refractivity contribution >= 4 is 64.9 Å². The molecule has 0 aromatic heterocycles. The van der Waals surface area contributed by atoms with E-state index in [-0.39, 0.29) is 79.5 Å². The van der Waals surface area contributed by atoms with Crippen LogP contribution < -0.4 is 10.6 Å². The number of nitrogens with zero attached hydrogens (tertiary/aromatic N) is 4. The van der Waals surface area contributed by atoms with Crippen molar-refractivity contribution in [3.63, 3.8) is 0 Å². The van der Waals surface area contributed by atoms with Crippen molar-refractivity contribution in [3.8, 4) is 0 Å². The number of rotatable bonds is 18. The van der Waals surface area contributed by atoms with Crippen LogP contribution in [0.5, 0.6) is 0 Å². The molecule has 0 spiro atoms. The molecule has 21 heteroatoms. The number of alkyl carbamates (subject to hydrolysis) is 1. The van der Waals surface area contributed by atoms with Gasteiger partial charge in [-0.3, -0.25) is 29.8 Å². The van der Waals surface area contributed by atoms with Crippen molar-refractivity contribution in [1.29, 1.82) is 0 Å². The van der Waals surface area contributed by atoms with Crippen molar-refractivity contribution < 1.29 is 53.5 Å². The molecule has 2 fully saturated rings. The van der Waals surface area contributed by atoms with Crippen LogP contribution >= 0.6 is 23.5 Å². The van der Waals surface area contributed by atoms with Gasteiger partial charge in [-0.1, -0.05) is 6.92 Å². The van der Waals surface area contributed by atoms with E-state index < -0.39 is 52.0 Å². The average Bonchev–Trinajstić information content (AvgIpc) is 3.69. The van der Waals surface area contributed by atoms with Gasteiger partial charge in [0.05, 0.1) is 27.9 Å². The molecule has 0 saturated carbocycles. The normalized spacial score (nSPS) is 21.7. The molecule has 0 bridgehead atoms. The summed E-state index contributed by atoms with van der Waals surface area (Å²) in [4.78, 5) is 87.2. The van der Waals surface area contributed by atoms with Gasteiger partial charge >= 0.3 is 18.2 Å². The van der Waals surface area contributed by atoms with Crippen LogP contribution in [0.2, 0.25) is 0 Å². The molecule has 4 N–H and O–H groups in total. The van der Waals surface area contributed by atoms with Crippen LogP contribution in [0.25, 0.3) is 0 Å². The minimum Gasteiger partial charge on any atom is -0.477 e. The van der Waals surface area contributed by atoms with Crippen LogP contribution in [0.1, 0.15) is 37.8 Å². The zero-order valence-corrected chi connectivity index (χ0v) is 32.6. The number of ether oxygens (including phenoxy) is 2. The number of carbonyl (C=O) groups excluding carboxylic acids is 4. The minimum absolute atomic E-state index is 0.0807. The van der Waals surface area contributed by atoms with E-state index >= 15 is 0 Å². The number of carboxylic acids is 1. The molecular weight excluding hydrogens is 789 g/mol. The maximum absolute atomic E-state index is 13.4. The van der Waals surface area contributed by atoms with E-state index in [1.54, 1.807) is 4.90 Å². The number of hydrogen-bond donors (Lipinski definition) is 4. The SMILES string of the molecule is C[C@@H](O)[C@H]1C(=O)N2C(C(=O)O)=C(S[C@H]3C[C@@H](CSCCC(=O)NCCNC(=O)OCc4ccc([N+](=O)[O-])cc4)N(C(=O)OCc4ccc([N+](=O)[O-])cc4)C3)[C@H](C)[C@H]12. The van der Waals surface area contributed by atoms with Gasteiger partial charge in [0.2, 0.25) is 11.8 Å². The fourth-order valence-electron chi connectivity index (χ4n) is 6.89. The van der Waals surface area contributed by atoms with Crippen molar-refractivity contribution in [2.75, 3.05) is 31.1 Å². The number of nitro benzene ring substituents is 2. The lowest BCUT2D eigenvalue weighted by molar-refractivity contribution is -0.385. The second-order valence-electron chi connectivity index (χ2n) is 13.6. The van der Waals surface area contributed by atoms with Crippen LogP contribution in [-0.2, 0) is 37.1 Å². The maximum Gasteiger partial charge on any atom is 0.410 e. The Labute approximate surface area is 334 Å². The number of nitrogens with one attached hydrogen (secondary N) is 2. The number of β-lactam (4-membered cyclic amide) rings is 1. The van der Waals surface area contributed by atoms with E-state index in [0.717, 1.165) is 0 Å². The fraction of sp³-hybridized carbons (Fsp3) is 0.472. The molecule has 2 aromatic carbocycles. The summed E-state index contributed by atoms with van der Waals surface area (Å²) in [6.07, 6.45) is -1.68. The number of thioether (sulfide) groups is 2. The van der Waals surface area contributed by atoms with Crippen molar-refractivity contribution in [3.05, 3.63) is 90.5 Å². The smallest absolute Gasteiger partial charge is 0.410 e. The van der Waals surface area contributed by atoms with E-state index in [2.05, 4.69) is 10.6 Å². The highest BCUT2D eigenvalue weighted by Crippen LogP contribution is 2.52. The summed E-state index contributed by atoms with van der Waals surface area (Å²) >= 11 is 2.74. The molecule has 57 heavy (non-hydrogen) atoms. The van der Waals surface area contributed by atoms with Gasteiger partial charge in [0, 0.05) is 83.9 Å². The van der Waals surface area contributed by atoms with Gasteiger partial charge < -0.3 is 40.1 Å². The van der Waals surface area contributed by atoms with Crippen molar-refractivity contribution in [2.45, 2.75) is 63.3 Å². The summed E-state index contributed by atoms with van der Waals surface area (Å²) in [5.74, 6) is -2.18. The number of carbonyl (C=O) groups is 5. The number of non-ortho nitro benzene ring substituents is 2. The molecular formula is C36H42N6O13S2. The molecule has 2 saturated heterocycles. The lowest BCUT2D eigenvalue weighted by Gasteiger charge is -2.46. The molecule has 3 heterocycles. The molecule has 5 rings (SSSR count). The summed E-state index contributed by atoms with van der Waals surface area (Å²) in [5, 5.41) is 47.1. The van der Waals surface area contributed by atoms with Gasteiger partial charge in [0.25, 0.3) is 11.4 Å². The summed E-state index contributed by atoms with van der Waals surface area (Å²) in [7, 11) is 0. The first-order chi connectivity index (χ1) is 27.2. The van der Waals surface area contributed by atoms with Gasteiger partial charge in [-0.2, -0.15) is 11.8 Å². The lowest BCUT2D eigenvalue weighted by atomic mass is 9.79. The number of amides is 4. The lowest BCUT2D eigenvalue weighted by Crippen LogP contribution is -2.63. The summed E-state index contributed by atoms with van der Waals surface area (Å²) in [5.41, 5.74) is 0.821. The van der Waals surface area contributed by atoms with Crippen LogP contribution in [0.15, 0.2) is 59.1 Å². The summed E-state index contributed by atoms with van der Waals surface area (Å²) in [6, 6.07) is 10.3. The van der Waals surface area contributed by atoms with Crippen LogP contribution in [0, 0.1) is 32.1 Å². The van der Waals surface area contributed by atoms with Crippen LogP contribution in [-0.4, -0.2) is 114 Å². The van der Waals surface area contributed by atoms with E-state index in [4.69, 9.17) is 9.47 Å². The molecule has 0 unspecified atom stereocenters. The van der Waals surface area contributed by atoms with Gasteiger partial charge in [-0.05, 0) is 48.7 Å². The number of benzene rings is 2. The Morgan fingerprint density at radius 2 is 1.53 bits per heavy atom. The minimum atomic E-state index is -1.25. The second kappa shape index (κ2) is 19.2. The average molecular weight is 831 g/mol. The molecule has 6 atom stereocenters. The van der Waals surface area contributed by atoms with E-state index in [1.165, 1.54) is 83.9 Å². The quantitative estimate of drug-likeness (QED) is 0.0724. The number of nitro groups is 2. The van der Waals surface area contributed by atoms with E-state index in [1.807, 2.05) is 6.92 Å². The maximum atomic E-state index is 13.4. The van der Waals surface area contributed by atoms with E-state index in [9.17, 15) is 54.4 Å². The van der Waals surface area contributed by atoms with Gasteiger partial charge in [-0.25, -0.2) is 14.4 Å². The Kier molecular flexibility index (Phi) is 14.4. The van der Waals surface area contributed by atoms with E-state index in [0.29, 0.717) is 34.0 Å². The number of carboxylic acid groups (broad SMARTS) is 1. The zero-order valence-electron chi connectivity index (χ0n) is 30.9. The second-order valence-corrected chi connectivity index (χ2v) is 16.1. The first-order valence-electron chi connectivity index (χ1n) is 18.0. The first-order valence-corrected chi connectivity index (χ1v) is 20.0. The number of aliphatic hydroxyl groups is 1. The van der Waals surface area contributed by atoms with Crippen LogP contribution in [0.3, 0.4) is 0 Å². The van der Waals surface area contributed by atoms with Crippen molar-refractivity contribution in [1.82, 2.24) is 20.4 Å². The largest absolute Gasteiger partial charge is 0.477 e. The third kappa shape index (κ3) is 10.5. The predicted octanol–water partition coefficient (Wildman–Crippen LogP) is 3.64. The molecule has 3 aliphatic heterocycles. The van der Waals surface area contributed by atoms with Crippen molar-refractivity contribution in [2.24, 2.45) is 11.8 Å². The predicted molar refractivity (Wildman–Crippen MR) is 206 cm³/mol. The summed E-state index contributed by atoms with van der Waals surface area (Å²) in [6.45, 7) is 3.55. The third-order valence-corrected chi connectivity index (χ3v) is 12.3. The molecule has 0 radical (unpaired) electrons. The number of aliphatic carboxylic acids is 1. The monoisotopic (exact) mass is 830 g/mol. The Balaban J connectivity index is 1.11. The van der Waals surface area contributed by atoms with Gasteiger partial charge in [0.15, 0.2) is 0 Å². The Morgan fingerprint density at radius 3 is 2.09 bits per heavy atom. The zero-order chi connectivity index (χ0) is 41.4. The standard InChI is InChI=1S/C36H42N6O13S2/c1-20-30-29(21(2)43)33(45)40(30)31(34(46)47)32(20)57-27-15-26(39(16-27)36(49)55-18-23-5-9-25(10-6-23)42(52)53)19-56-14-11-28(44)37-12-13-38-35(48)54-17-22-3-7-24(8-4-22)41(50)51/h3-10,20-21,26-27,29-30,43H,11-19H2,1-2H3,(H,37,44)(H,38,48)(H,46,47)/t20-,21-,26+,27+,29-,30-/m1/s1. The molecule has 4 amide bonds. The Morgan fingerprint density at radius 1 is 0.947 bits per heavy atom. The molecule has 3 aliphatic rings. The molecule has 0 aliphatic carbocycles. The number of hydrogen-bond acceptors (Lipinski definition) is 14. The molecule has 306 valence electrons. The number of aliphatic hydroxyl groups excluding tert-OH is 1. The highest BCUT2D eigenvalue weighted by Gasteiger charge is 2.60. The summed E-state index contributed by atoms with van der Waals surface area (Å²) < 4.78 is 10.7. The molecule has 2 aromatic rings.